The van der Waals surface area contributed by atoms with Gasteiger partial charge in [-0.1, -0.05) is 18.2 Å². The number of nitrogens with one attached hydrogen (secondary N) is 1. The van der Waals surface area contributed by atoms with Crippen LogP contribution in [0.1, 0.15) is 15.9 Å². The molecule has 0 fully saturated rings. The van der Waals surface area contributed by atoms with E-state index in [9.17, 15) is 13.6 Å². The zero-order valence-corrected chi connectivity index (χ0v) is 14.3. The molecule has 0 saturated carbocycles. The Morgan fingerprint density at radius 2 is 1.84 bits per heavy atom. The average molecular weight is 350 g/mol. The first-order valence-corrected chi connectivity index (χ1v) is 7.58. The molecule has 1 amide bonds. The summed E-state index contributed by atoms with van der Waals surface area (Å²) in [6.45, 7) is -2.79. The second kappa shape index (κ2) is 8.32. The standard InChI is InChI=1S/C18H20F2N2O3/c1-22(2)13-9-7-12(8-10-13)11-21-17(23)14-5-4-6-15(24-3)16(14)25-18(19)20/h4-10,18H,11H2,1-3H3,(H,21,23). The minimum atomic E-state index is -3.05. The lowest BCUT2D eigenvalue weighted by atomic mass is 10.1. The number of hydrogen-bond acceptors (Lipinski definition) is 4. The summed E-state index contributed by atoms with van der Waals surface area (Å²) in [6.07, 6.45) is 0. The largest absolute Gasteiger partial charge is 0.493 e. The number of carbonyl (C=O) groups excluding carboxylic acids is 1. The maximum atomic E-state index is 12.6. The highest BCUT2D eigenvalue weighted by Crippen LogP contribution is 2.32. The van der Waals surface area contributed by atoms with Gasteiger partial charge in [0.05, 0.1) is 12.7 Å². The van der Waals surface area contributed by atoms with Gasteiger partial charge in [-0.3, -0.25) is 4.79 Å². The fourth-order valence-corrected chi connectivity index (χ4v) is 2.26. The Bertz CT molecular complexity index is 719. The third-order valence-corrected chi connectivity index (χ3v) is 3.56. The summed E-state index contributed by atoms with van der Waals surface area (Å²) in [4.78, 5) is 14.3. The van der Waals surface area contributed by atoms with Gasteiger partial charge in [0.25, 0.3) is 5.91 Å². The number of alkyl halides is 2. The quantitative estimate of drug-likeness (QED) is 0.833. The van der Waals surface area contributed by atoms with Gasteiger partial charge in [0.15, 0.2) is 11.5 Å². The fourth-order valence-electron chi connectivity index (χ4n) is 2.26. The lowest BCUT2D eigenvalue weighted by Crippen LogP contribution is -2.24. The second-order valence-corrected chi connectivity index (χ2v) is 5.46. The van der Waals surface area contributed by atoms with E-state index in [4.69, 9.17) is 4.74 Å². The molecule has 0 saturated heterocycles. The molecule has 0 spiro atoms. The van der Waals surface area contributed by atoms with Crippen LogP contribution in [0.5, 0.6) is 11.5 Å². The average Bonchev–Trinajstić information content (AvgIpc) is 2.59. The molecule has 0 heterocycles. The van der Waals surface area contributed by atoms with Crippen LogP contribution in [0, 0.1) is 0 Å². The van der Waals surface area contributed by atoms with Crippen LogP contribution >= 0.6 is 0 Å². The lowest BCUT2D eigenvalue weighted by molar-refractivity contribution is -0.0515. The first kappa shape index (κ1) is 18.5. The third kappa shape index (κ3) is 4.82. The van der Waals surface area contributed by atoms with Crippen LogP contribution in [0.3, 0.4) is 0 Å². The van der Waals surface area contributed by atoms with Crippen molar-refractivity contribution in [3.8, 4) is 11.5 Å². The van der Waals surface area contributed by atoms with Crippen molar-refractivity contribution in [3.05, 3.63) is 53.6 Å². The van der Waals surface area contributed by atoms with Gasteiger partial charge < -0.3 is 19.7 Å². The minimum absolute atomic E-state index is 0.00967. The zero-order chi connectivity index (χ0) is 18.4. The molecular weight excluding hydrogens is 330 g/mol. The number of carbonyl (C=O) groups is 1. The maximum Gasteiger partial charge on any atom is 0.387 e. The number of amides is 1. The number of halogens is 2. The number of para-hydroxylation sites is 1. The van der Waals surface area contributed by atoms with Crippen LogP contribution in [0.4, 0.5) is 14.5 Å². The topological polar surface area (TPSA) is 50.8 Å². The van der Waals surface area contributed by atoms with Gasteiger partial charge in [-0.25, -0.2) is 0 Å². The first-order valence-electron chi connectivity index (χ1n) is 7.58. The molecule has 0 atom stereocenters. The van der Waals surface area contributed by atoms with Crippen LogP contribution in [0.2, 0.25) is 0 Å². The van der Waals surface area contributed by atoms with Crippen LogP contribution in [-0.2, 0) is 6.54 Å². The van der Waals surface area contributed by atoms with E-state index >= 15 is 0 Å². The number of nitrogens with zero attached hydrogens (tertiary/aromatic N) is 1. The van der Waals surface area contributed by atoms with E-state index < -0.39 is 12.5 Å². The highest BCUT2D eigenvalue weighted by molar-refractivity contribution is 5.97. The molecule has 0 aliphatic carbocycles. The lowest BCUT2D eigenvalue weighted by Gasteiger charge is -2.15. The van der Waals surface area contributed by atoms with Crippen molar-refractivity contribution < 1.29 is 23.0 Å². The predicted molar refractivity (Wildman–Crippen MR) is 91.6 cm³/mol. The molecule has 0 aliphatic heterocycles. The summed E-state index contributed by atoms with van der Waals surface area (Å²) in [5.74, 6) is -0.727. The summed E-state index contributed by atoms with van der Waals surface area (Å²) in [7, 11) is 5.19. The summed E-state index contributed by atoms with van der Waals surface area (Å²) in [5, 5.41) is 2.70. The molecule has 0 unspecified atom stereocenters. The van der Waals surface area contributed by atoms with Crippen LogP contribution in [0.15, 0.2) is 42.5 Å². The molecule has 0 aromatic heterocycles. The summed E-state index contributed by atoms with van der Waals surface area (Å²) < 4.78 is 34.7. The molecule has 7 heteroatoms. The highest BCUT2D eigenvalue weighted by atomic mass is 19.3. The Labute approximate surface area is 145 Å². The Balaban J connectivity index is 2.12. The van der Waals surface area contributed by atoms with Gasteiger partial charge in [-0.15, -0.1) is 0 Å². The molecule has 5 nitrogen and oxygen atoms in total. The van der Waals surface area contributed by atoms with Crippen LogP contribution in [0.25, 0.3) is 0 Å². The summed E-state index contributed by atoms with van der Waals surface area (Å²) in [6, 6.07) is 12.0. The molecular formula is C18H20F2N2O3. The third-order valence-electron chi connectivity index (χ3n) is 3.56. The number of hydrogen-bond donors (Lipinski definition) is 1. The molecule has 134 valence electrons. The van der Waals surface area contributed by atoms with E-state index in [0.29, 0.717) is 0 Å². The van der Waals surface area contributed by atoms with E-state index in [2.05, 4.69) is 10.1 Å². The van der Waals surface area contributed by atoms with Crippen molar-refractivity contribution in [2.24, 2.45) is 0 Å². The van der Waals surface area contributed by atoms with Gasteiger partial charge in [0.1, 0.15) is 0 Å². The van der Waals surface area contributed by atoms with E-state index in [1.165, 1.54) is 25.3 Å². The fraction of sp³-hybridized carbons (Fsp3) is 0.278. The predicted octanol–water partition coefficient (Wildman–Crippen LogP) is 3.29. The van der Waals surface area contributed by atoms with Crippen molar-refractivity contribution in [3.63, 3.8) is 0 Å². The van der Waals surface area contributed by atoms with E-state index in [0.717, 1.165) is 11.3 Å². The number of ether oxygens (including phenoxy) is 2. The molecule has 1 N–H and O–H groups in total. The van der Waals surface area contributed by atoms with Gasteiger partial charge in [0, 0.05) is 26.3 Å². The molecule has 0 aliphatic rings. The van der Waals surface area contributed by atoms with Crippen LogP contribution < -0.4 is 19.7 Å². The monoisotopic (exact) mass is 350 g/mol. The van der Waals surface area contributed by atoms with Gasteiger partial charge in [0.2, 0.25) is 0 Å². The Morgan fingerprint density at radius 1 is 1.16 bits per heavy atom. The molecule has 25 heavy (non-hydrogen) atoms. The molecule has 0 bridgehead atoms. The van der Waals surface area contributed by atoms with Crippen molar-refractivity contribution in [2.75, 3.05) is 26.1 Å². The van der Waals surface area contributed by atoms with E-state index in [1.807, 2.05) is 43.3 Å². The Morgan fingerprint density at radius 3 is 2.40 bits per heavy atom. The SMILES string of the molecule is COc1cccc(C(=O)NCc2ccc(N(C)C)cc2)c1OC(F)F. The second-order valence-electron chi connectivity index (χ2n) is 5.46. The van der Waals surface area contributed by atoms with Crippen molar-refractivity contribution in [1.82, 2.24) is 5.32 Å². The van der Waals surface area contributed by atoms with Gasteiger partial charge >= 0.3 is 6.61 Å². The number of rotatable bonds is 7. The maximum absolute atomic E-state index is 12.6. The minimum Gasteiger partial charge on any atom is -0.493 e. The molecule has 2 aromatic rings. The van der Waals surface area contributed by atoms with E-state index in [-0.39, 0.29) is 23.6 Å². The zero-order valence-electron chi connectivity index (χ0n) is 14.3. The Hall–Kier alpha value is -2.83. The van der Waals surface area contributed by atoms with Gasteiger partial charge in [-0.2, -0.15) is 8.78 Å². The first-order chi connectivity index (χ1) is 11.9. The number of anilines is 1. The highest BCUT2D eigenvalue weighted by Gasteiger charge is 2.20. The van der Waals surface area contributed by atoms with Crippen molar-refractivity contribution in [1.29, 1.82) is 0 Å². The smallest absolute Gasteiger partial charge is 0.387 e. The Kier molecular flexibility index (Phi) is 6.16. The van der Waals surface area contributed by atoms with E-state index in [1.54, 1.807) is 0 Å². The number of benzene rings is 2. The molecule has 0 radical (unpaired) electrons. The summed E-state index contributed by atoms with van der Waals surface area (Å²) in [5.41, 5.74) is 1.92. The molecule has 2 aromatic carbocycles. The van der Waals surface area contributed by atoms with Gasteiger partial charge in [-0.05, 0) is 29.8 Å². The normalized spacial score (nSPS) is 10.5. The molecule has 2 rings (SSSR count). The number of methoxy groups -OCH3 is 1. The van der Waals surface area contributed by atoms with Crippen molar-refractivity contribution in [2.45, 2.75) is 13.2 Å². The van der Waals surface area contributed by atoms with Crippen LogP contribution in [-0.4, -0.2) is 33.7 Å². The summed E-state index contributed by atoms with van der Waals surface area (Å²) >= 11 is 0. The van der Waals surface area contributed by atoms with Crippen molar-refractivity contribution >= 4 is 11.6 Å².